The summed E-state index contributed by atoms with van der Waals surface area (Å²) in [6.45, 7) is 3.30. The number of ether oxygens (including phenoxy) is 2. The molecule has 0 aliphatic carbocycles. The van der Waals surface area contributed by atoms with Crippen molar-refractivity contribution in [1.29, 1.82) is 0 Å². The normalized spacial score (nSPS) is 10.9. The molecule has 0 radical (unpaired) electrons. The van der Waals surface area contributed by atoms with E-state index in [0.29, 0.717) is 53.2 Å². The first-order valence-corrected chi connectivity index (χ1v) is 10.7. The van der Waals surface area contributed by atoms with Crippen LogP contribution in [0.25, 0.3) is 0 Å². The van der Waals surface area contributed by atoms with Crippen molar-refractivity contribution in [2.24, 2.45) is 0 Å². The summed E-state index contributed by atoms with van der Waals surface area (Å²) in [4.78, 5) is 0. The molecule has 3 nitrogen and oxygen atoms in total. The second-order valence-electron chi connectivity index (χ2n) is 6.83. The lowest BCUT2D eigenvalue weighted by Gasteiger charge is -2.16. The Bertz CT molecular complexity index is 1010. The summed E-state index contributed by atoms with van der Waals surface area (Å²) in [5.74, 6) is 0.260. The van der Waals surface area contributed by atoms with E-state index in [1.165, 1.54) is 18.2 Å². The summed E-state index contributed by atoms with van der Waals surface area (Å²) < 4.78 is 39.2. The van der Waals surface area contributed by atoms with Crippen molar-refractivity contribution in [3.8, 4) is 11.5 Å². The predicted octanol–water partition coefficient (Wildman–Crippen LogP) is 6.58. The first kappa shape index (κ1) is 23.3. The lowest BCUT2D eigenvalue weighted by molar-refractivity contribution is 0.265. The third-order valence-corrected chi connectivity index (χ3v) is 5.40. The van der Waals surface area contributed by atoms with E-state index in [1.807, 2.05) is 13.0 Å². The average molecular weight is 466 g/mol. The molecule has 164 valence electrons. The number of hydrogen-bond acceptors (Lipinski definition) is 3. The molecule has 0 aliphatic heterocycles. The highest BCUT2D eigenvalue weighted by Gasteiger charge is 2.14. The van der Waals surface area contributed by atoms with Crippen LogP contribution in [-0.4, -0.2) is 13.2 Å². The summed E-state index contributed by atoms with van der Waals surface area (Å²) in [7, 11) is 0. The zero-order chi connectivity index (χ0) is 22.2. The van der Waals surface area contributed by atoms with Gasteiger partial charge in [-0.05, 0) is 55.3 Å². The summed E-state index contributed by atoms with van der Waals surface area (Å²) in [6, 6.07) is 14.6. The van der Waals surface area contributed by atoms with Crippen LogP contribution in [-0.2, 0) is 19.6 Å². The fourth-order valence-corrected chi connectivity index (χ4v) is 3.50. The highest BCUT2D eigenvalue weighted by atomic mass is 35.5. The van der Waals surface area contributed by atoms with Gasteiger partial charge in [0, 0.05) is 23.2 Å². The van der Waals surface area contributed by atoms with Crippen molar-refractivity contribution in [3.05, 3.63) is 93.0 Å². The molecule has 0 bridgehead atoms. The zero-order valence-corrected chi connectivity index (χ0v) is 18.6. The van der Waals surface area contributed by atoms with Crippen LogP contribution in [0.15, 0.2) is 54.6 Å². The van der Waals surface area contributed by atoms with Gasteiger partial charge in [0.05, 0.1) is 11.6 Å². The predicted molar refractivity (Wildman–Crippen MR) is 120 cm³/mol. The van der Waals surface area contributed by atoms with Gasteiger partial charge in [-0.15, -0.1) is 0 Å². The maximum absolute atomic E-state index is 14.0. The standard InChI is InChI=1S/C24H23Cl2F2NO2/c1-2-30-23-12-17(14-29-11-10-16-6-3-4-8-21(16)27)20(26)13-24(23)31-15-18-19(25)7-5-9-22(18)28/h3-9,12-13,29H,2,10-11,14-15H2,1H3. The Kier molecular flexibility index (Phi) is 8.52. The summed E-state index contributed by atoms with van der Waals surface area (Å²) in [6.07, 6.45) is 0.563. The number of rotatable bonds is 10. The van der Waals surface area contributed by atoms with Gasteiger partial charge in [0.1, 0.15) is 18.2 Å². The van der Waals surface area contributed by atoms with Crippen molar-refractivity contribution < 1.29 is 18.3 Å². The van der Waals surface area contributed by atoms with Crippen LogP contribution < -0.4 is 14.8 Å². The number of benzene rings is 3. The van der Waals surface area contributed by atoms with Gasteiger partial charge < -0.3 is 14.8 Å². The van der Waals surface area contributed by atoms with Crippen LogP contribution >= 0.6 is 23.2 Å². The van der Waals surface area contributed by atoms with Gasteiger partial charge in [-0.3, -0.25) is 0 Å². The van der Waals surface area contributed by atoms with Gasteiger partial charge in [0.25, 0.3) is 0 Å². The second kappa shape index (κ2) is 11.3. The lowest BCUT2D eigenvalue weighted by Crippen LogP contribution is -2.17. The molecule has 3 rings (SSSR count). The quantitative estimate of drug-likeness (QED) is 0.343. The average Bonchev–Trinajstić information content (AvgIpc) is 2.74. The molecule has 3 aromatic carbocycles. The van der Waals surface area contributed by atoms with Gasteiger partial charge in [-0.1, -0.05) is 47.5 Å². The van der Waals surface area contributed by atoms with Crippen molar-refractivity contribution in [1.82, 2.24) is 5.32 Å². The SMILES string of the molecule is CCOc1cc(CNCCc2ccccc2F)c(Cl)cc1OCc1c(F)cccc1Cl. The Morgan fingerprint density at radius 1 is 0.839 bits per heavy atom. The van der Waals surface area contributed by atoms with Crippen LogP contribution in [0.3, 0.4) is 0 Å². The lowest BCUT2D eigenvalue weighted by atomic mass is 10.1. The van der Waals surface area contributed by atoms with Crippen molar-refractivity contribution in [2.75, 3.05) is 13.2 Å². The molecule has 0 aliphatic rings. The first-order chi connectivity index (χ1) is 15.0. The van der Waals surface area contributed by atoms with E-state index in [1.54, 1.807) is 30.3 Å². The van der Waals surface area contributed by atoms with E-state index in [4.69, 9.17) is 32.7 Å². The van der Waals surface area contributed by atoms with Gasteiger partial charge in [0.15, 0.2) is 11.5 Å². The van der Waals surface area contributed by atoms with Crippen LogP contribution in [0.4, 0.5) is 8.78 Å². The minimum Gasteiger partial charge on any atom is -0.490 e. The highest BCUT2D eigenvalue weighted by molar-refractivity contribution is 6.31. The van der Waals surface area contributed by atoms with Crippen molar-refractivity contribution >= 4 is 23.2 Å². The molecule has 31 heavy (non-hydrogen) atoms. The molecule has 0 aromatic heterocycles. The Labute approximate surface area is 190 Å². The molecule has 1 N–H and O–H groups in total. The van der Waals surface area contributed by atoms with E-state index < -0.39 is 5.82 Å². The maximum atomic E-state index is 14.0. The topological polar surface area (TPSA) is 30.5 Å². The third kappa shape index (κ3) is 6.33. The molecule has 0 saturated carbocycles. The molecular formula is C24H23Cl2F2NO2. The number of hydrogen-bond donors (Lipinski definition) is 1. The monoisotopic (exact) mass is 465 g/mol. The van der Waals surface area contributed by atoms with Gasteiger partial charge >= 0.3 is 0 Å². The smallest absolute Gasteiger partial charge is 0.163 e. The van der Waals surface area contributed by atoms with Crippen LogP contribution in [0.1, 0.15) is 23.6 Å². The molecule has 0 heterocycles. The van der Waals surface area contributed by atoms with E-state index in [0.717, 1.165) is 5.56 Å². The van der Waals surface area contributed by atoms with Crippen molar-refractivity contribution in [2.45, 2.75) is 26.5 Å². The van der Waals surface area contributed by atoms with Crippen LogP contribution in [0.5, 0.6) is 11.5 Å². The summed E-state index contributed by atoms with van der Waals surface area (Å²) in [5, 5.41) is 4.04. The maximum Gasteiger partial charge on any atom is 0.163 e. The van der Waals surface area contributed by atoms with Crippen LogP contribution in [0.2, 0.25) is 10.0 Å². The second-order valence-corrected chi connectivity index (χ2v) is 7.64. The van der Waals surface area contributed by atoms with E-state index in [2.05, 4.69) is 5.32 Å². The summed E-state index contributed by atoms with van der Waals surface area (Å²) in [5.41, 5.74) is 1.74. The largest absolute Gasteiger partial charge is 0.490 e. The van der Waals surface area contributed by atoms with Gasteiger partial charge in [-0.25, -0.2) is 8.78 Å². The third-order valence-electron chi connectivity index (χ3n) is 4.69. The van der Waals surface area contributed by atoms with Crippen LogP contribution in [0, 0.1) is 11.6 Å². The molecule has 0 saturated heterocycles. The van der Waals surface area contributed by atoms with E-state index >= 15 is 0 Å². The molecule has 0 unspecified atom stereocenters. The molecule has 3 aromatic rings. The Morgan fingerprint density at radius 3 is 2.32 bits per heavy atom. The molecule has 0 atom stereocenters. The molecule has 0 spiro atoms. The van der Waals surface area contributed by atoms with E-state index in [9.17, 15) is 8.78 Å². The number of nitrogens with one attached hydrogen (secondary N) is 1. The van der Waals surface area contributed by atoms with E-state index in [-0.39, 0.29) is 18.0 Å². The number of halogens is 4. The fourth-order valence-electron chi connectivity index (χ4n) is 3.06. The molecular weight excluding hydrogens is 443 g/mol. The minimum atomic E-state index is -0.438. The zero-order valence-electron chi connectivity index (χ0n) is 17.1. The summed E-state index contributed by atoms with van der Waals surface area (Å²) >= 11 is 12.5. The van der Waals surface area contributed by atoms with Gasteiger partial charge in [0.2, 0.25) is 0 Å². The fraction of sp³-hybridized carbons (Fsp3) is 0.250. The molecule has 0 fully saturated rings. The Morgan fingerprint density at radius 2 is 1.58 bits per heavy atom. The minimum absolute atomic E-state index is 0.0534. The van der Waals surface area contributed by atoms with Crippen molar-refractivity contribution in [3.63, 3.8) is 0 Å². The molecule has 0 amide bonds. The highest BCUT2D eigenvalue weighted by Crippen LogP contribution is 2.35. The Hall–Kier alpha value is -2.34. The Balaban J connectivity index is 1.66. The van der Waals surface area contributed by atoms with Gasteiger partial charge in [-0.2, -0.15) is 0 Å². The molecule has 7 heteroatoms. The first-order valence-electron chi connectivity index (χ1n) is 9.94.